The molecule has 3 heteroatoms. The van der Waals surface area contributed by atoms with Gasteiger partial charge in [-0.3, -0.25) is 10.1 Å². The molecule has 20 heavy (non-hydrogen) atoms. The number of amides is 1. The summed E-state index contributed by atoms with van der Waals surface area (Å²) in [7, 11) is 0. The zero-order valence-corrected chi connectivity index (χ0v) is 13.2. The summed E-state index contributed by atoms with van der Waals surface area (Å²) in [6, 6.07) is 8.61. The van der Waals surface area contributed by atoms with Crippen LogP contribution in [0.1, 0.15) is 51.4 Å². The van der Waals surface area contributed by atoms with Gasteiger partial charge in [-0.1, -0.05) is 50.6 Å². The van der Waals surface area contributed by atoms with E-state index in [1.807, 2.05) is 4.90 Å². The van der Waals surface area contributed by atoms with Crippen molar-refractivity contribution < 1.29 is 4.79 Å². The molecule has 2 rings (SSSR count). The minimum Gasteiger partial charge on any atom is -0.319 e. The predicted octanol–water partition coefficient (Wildman–Crippen LogP) is 3.25. The Morgan fingerprint density at radius 1 is 1.30 bits per heavy atom. The van der Waals surface area contributed by atoms with Gasteiger partial charge in [-0.25, -0.2) is 0 Å². The van der Waals surface area contributed by atoms with Crippen molar-refractivity contribution in [2.45, 2.75) is 59.3 Å². The lowest BCUT2D eigenvalue weighted by atomic mass is 10.0. The third-order valence-corrected chi connectivity index (χ3v) is 4.36. The molecular weight excluding hydrogens is 248 g/mol. The molecule has 1 saturated heterocycles. The van der Waals surface area contributed by atoms with Gasteiger partial charge < -0.3 is 4.90 Å². The predicted molar refractivity (Wildman–Crippen MR) is 82.3 cm³/mol. The molecule has 0 radical (unpaired) electrons. The van der Waals surface area contributed by atoms with E-state index < -0.39 is 0 Å². The molecule has 1 heterocycles. The van der Waals surface area contributed by atoms with E-state index in [9.17, 15) is 4.79 Å². The van der Waals surface area contributed by atoms with E-state index in [-0.39, 0.29) is 24.2 Å². The normalized spacial score (nSPS) is 24.5. The lowest BCUT2D eigenvalue weighted by Gasteiger charge is -2.33. The highest BCUT2D eigenvalue weighted by molar-refractivity contribution is 5.84. The summed E-state index contributed by atoms with van der Waals surface area (Å²) in [5.41, 5.74) is 2.41. The average Bonchev–Trinajstić information content (AvgIpc) is 2.74. The molecule has 1 aromatic carbocycles. The summed E-state index contributed by atoms with van der Waals surface area (Å²) >= 11 is 0. The largest absolute Gasteiger partial charge is 0.319 e. The maximum atomic E-state index is 12.6. The SMILES string of the molecule is CCC1NC(c2cccc(C)c2)N(C(C)C(C)C)C1=O. The van der Waals surface area contributed by atoms with Crippen LogP contribution in [-0.4, -0.2) is 22.9 Å². The molecule has 0 saturated carbocycles. The summed E-state index contributed by atoms with van der Waals surface area (Å²) < 4.78 is 0. The number of nitrogens with zero attached hydrogens (tertiary/aromatic N) is 1. The number of hydrogen-bond acceptors (Lipinski definition) is 2. The third-order valence-electron chi connectivity index (χ3n) is 4.36. The van der Waals surface area contributed by atoms with E-state index in [0.717, 1.165) is 6.42 Å². The number of aryl methyl sites for hydroxylation is 1. The number of hydrogen-bond donors (Lipinski definition) is 1. The second-order valence-electron chi connectivity index (χ2n) is 6.17. The van der Waals surface area contributed by atoms with Crippen molar-refractivity contribution in [2.75, 3.05) is 0 Å². The Morgan fingerprint density at radius 3 is 2.55 bits per heavy atom. The first-order valence-corrected chi connectivity index (χ1v) is 7.60. The minimum atomic E-state index is -0.0540. The number of nitrogens with one attached hydrogen (secondary N) is 1. The van der Waals surface area contributed by atoms with Crippen LogP contribution in [0, 0.1) is 12.8 Å². The molecule has 1 N–H and O–H groups in total. The van der Waals surface area contributed by atoms with Crippen molar-refractivity contribution in [3.05, 3.63) is 35.4 Å². The van der Waals surface area contributed by atoms with Crippen molar-refractivity contribution in [2.24, 2.45) is 5.92 Å². The van der Waals surface area contributed by atoms with Crippen LogP contribution in [0.3, 0.4) is 0 Å². The Balaban J connectivity index is 2.36. The van der Waals surface area contributed by atoms with Crippen LogP contribution in [-0.2, 0) is 4.79 Å². The molecule has 110 valence electrons. The van der Waals surface area contributed by atoms with Crippen molar-refractivity contribution in [3.63, 3.8) is 0 Å². The van der Waals surface area contributed by atoms with Gasteiger partial charge in [-0.05, 0) is 31.7 Å². The van der Waals surface area contributed by atoms with Gasteiger partial charge in [0.2, 0.25) is 5.91 Å². The van der Waals surface area contributed by atoms with Crippen molar-refractivity contribution >= 4 is 5.91 Å². The third kappa shape index (κ3) is 2.73. The maximum Gasteiger partial charge on any atom is 0.241 e. The van der Waals surface area contributed by atoms with Crippen LogP contribution >= 0.6 is 0 Å². The fraction of sp³-hybridized carbons (Fsp3) is 0.588. The maximum absolute atomic E-state index is 12.6. The second-order valence-corrected chi connectivity index (χ2v) is 6.17. The highest BCUT2D eigenvalue weighted by atomic mass is 16.2. The standard InChI is InChI=1S/C17H26N2O/c1-6-15-17(20)19(13(5)11(2)3)16(18-15)14-9-7-8-12(4)10-14/h7-11,13,15-16,18H,6H2,1-5H3. The average molecular weight is 274 g/mol. The Hall–Kier alpha value is -1.35. The van der Waals surface area contributed by atoms with Gasteiger partial charge in [-0.2, -0.15) is 0 Å². The molecule has 0 spiro atoms. The highest BCUT2D eigenvalue weighted by Gasteiger charge is 2.41. The smallest absolute Gasteiger partial charge is 0.241 e. The van der Waals surface area contributed by atoms with E-state index in [1.54, 1.807) is 0 Å². The fourth-order valence-electron chi connectivity index (χ4n) is 2.80. The minimum absolute atomic E-state index is 0.00440. The molecule has 3 nitrogen and oxygen atoms in total. The first-order chi connectivity index (χ1) is 9.45. The van der Waals surface area contributed by atoms with Gasteiger partial charge >= 0.3 is 0 Å². The molecule has 1 amide bonds. The summed E-state index contributed by atoms with van der Waals surface area (Å²) in [4.78, 5) is 14.6. The molecule has 0 aliphatic carbocycles. The van der Waals surface area contributed by atoms with Gasteiger partial charge in [0.25, 0.3) is 0 Å². The quantitative estimate of drug-likeness (QED) is 0.914. The topological polar surface area (TPSA) is 32.3 Å². The van der Waals surface area contributed by atoms with Crippen LogP contribution < -0.4 is 5.32 Å². The first-order valence-electron chi connectivity index (χ1n) is 7.60. The Labute approximate surface area is 122 Å². The summed E-state index contributed by atoms with van der Waals surface area (Å²) in [5.74, 6) is 0.684. The highest BCUT2D eigenvalue weighted by Crippen LogP contribution is 2.31. The number of carbonyl (C=O) groups excluding carboxylic acids is 1. The van der Waals surface area contributed by atoms with Crippen LogP contribution in [0.4, 0.5) is 0 Å². The van der Waals surface area contributed by atoms with E-state index in [0.29, 0.717) is 5.92 Å². The Bertz CT molecular complexity index is 484. The van der Waals surface area contributed by atoms with E-state index >= 15 is 0 Å². The van der Waals surface area contributed by atoms with Gasteiger partial charge in [0, 0.05) is 6.04 Å². The Kier molecular flexibility index (Phi) is 4.48. The first kappa shape index (κ1) is 15.0. The number of rotatable bonds is 4. The molecular formula is C17H26N2O. The van der Waals surface area contributed by atoms with E-state index in [1.165, 1.54) is 11.1 Å². The zero-order valence-electron chi connectivity index (χ0n) is 13.2. The summed E-state index contributed by atoms with van der Waals surface area (Å²) in [6.45, 7) is 10.6. The molecule has 0 aromatic heterocycles. The van der Waals surface area contributed by atoms with Crippen LogP contribution in [0.5, 0.6) is 0 Å². The molecule has 1 aliphatic heterocycles. The van der Waals surface area contributed by atoms with Gasteiger partial charge in [0.15, 0.2) is 0 Å². The monoisotopic (exact) mass is 274 g/mol. The van der Waals surface area contributed by atoms with Crippen LogP contribution in [0.15, 0.2) is 24.3 Å². The molecule has 1 aromatic rings. The van der Waals surface area contributed by atoms with E-state index in [2.05, 4.69) is 64.2 Å². The lowest BCUT2D eigenvalue weighted by molar-refractivity contribution is -0.133. The zero-order chi connectivity index (χ0) is 14.9. The fourth-order valence-corrected chi connectivity index (χ4v) is 2.80. The van der Waals surface area contributed by atoms with Crippen molar-refractivity contribution in [1.29, 1.82) is 0 Å². The van der Waals surface area contributed by atoms with Gasteiger partial charge in [-0.15, -0.1) is 0 Å². The van der Waals surface area contributed by atoms with Gasteiger partial charge in [0.05, 0.1) is 6.04 Å². The van der Waals surface area contributed by atoms with E-state index in [4.69, 9.17) is 0 Å². The van der Waals surface area contributed by atoms with Crippen LogP contribution in [0.2, 0.25) is 0 Å². The molecule has 1 aliphatic rings. The second kappa shape index (κ2) is 5.96. The molecule has 0 bridgehead atoms. The van der Waals surface area contributed by atoms with Crippen LogP contribution in [0.25, 0.3) is 0 Å². The van der Waals surface area contributed by atoms with Crippen molar-refractivity contribution in [1.82, 2.24) is 10.2 Å². The van der Waals surface area contributed by atoms with Gasteiger partial charge in [0.1, 0.15) is 6.17 Å². The van der Waals surface area contributed by atoms with Crippen molar-refractivity contribution in [3.8, 4) is 0 Å². The number of carbonyl (C=O) groups is 1. The summed E-state index contributed by atoms with van der Waals surface area (Å²) in [6.07, 6.45) is 0.840. The Morgan fingerprint density at radius 2 is 2.00 bits per heavy atom. The molecule has 3 unspecified atom stereocenters. The summed E-state index contributed by atoms with van der Waals surface area (Å²) in [5, 5.41) is 3.50. The number of benzene rings is 1. The lowest BCUT2D eigenvalue weighted by Crippen LogP contribution is -2.41. The molecule has 1 fully saturated rings. The molecule has 3 atom stereocenters.